The summed E-state index contributed by atoms with van der Waals surface area (Å²) >= 11 is 0. The van der Waals surface area contributed by atoms with Crippen molar-refractivity contribution in [3.05, 3.63) is 191 Å². The number of piperidine rings is 4. The van der Waals surface area contributed by atoms with Crippen LogP contribution in [-0.4, -0.2) is 255 Å². The van der Waals surface area contributed by atoms with Gasteiger partial charge in [0.05, 0.1) is 139 Å². The minimum absolute atomic E-state index is 0.158. The van der Waals surface area contributed by atoms with Crippen molar-refractivity contribution in [2.75, 3.05) is 153 Å². The van der Waals surface area contributed by atoms with Gasteiger partial charge in [0.2, 0.25) is 0 Å². The number of fused-ring (bicyclic) bond motifs is 4. The Labute approximate surface area is 825 Å². The second kappa shape index (κ2) is 49.3. The van der Waals surface area contributed by atoms with Crippen molar-refractivity contribution in [2.24, 2.45) is 23.7 Å². The number of nitrogens with one attached hydrogen (secondary N) is 5. The smallest absolute Gasteiger partial charge is 0.394 e. The summed E-state index contributed by atoms with van der Waals surface area (Å²) in [4.78, 5) is 130. The van der Waals surface area contributed by atoms with Gasteiger partial charge in [0.15, 0.2) is 0 Å². The molecule has 752 valence electrons. The summed E-state index contributed by atoms with van der Waals surface area (Å²) in [5.74, 6) is -2.73. The van der Waals surface area contributed by atoms with E-state index >= 15 is 0 Å². The fourth-order valence-corrected chi connectivity index (χ4v) is 18.2. The first-order valence-electron chi connectivity index (χ1n) is 49.0. The van der Waals surface area contributed by atoms with Crippen LogP contribution in [0.1, 0.15) is 175 Å². The molecule has 7 amide bonds. The van der Waals surface area contributed by atoms with Gasteiger partial charge in [0.25, 0.3) is 0 Å². The average Bonchev–Trinajstić information content (AvgIpc) is 1.73. The van der Waals surface area contributed by atoms with E-state index < -0.39 is 47.3 Å². The maximum absolute atomic E-state index is 13.3. The van der Waals surface area contributed by atoms with Crippen molar-refractivity contribution >= 4 is 137 Å². The van der Waals surface area contributed by atoms with Crippen LogP contribution in [0.25, 0.3) is 43.6 Å². The number of benzene rings is 4. The lowest BCUT2D eigenvalue weighted by atomic mass is 9.89. The molecule has 37 nitrogen and oxygen atoms in total. The topological polar surface area (TPSA) is 467 Å². The van der Waals surface area contributed by atoms with Crippen molar-refractivity contribution < 1.29 is 43.5 Å². The molecule has 0 unspecified atom stereocenters. The molecule has 4 aliphatic rings. The number of carbonyl (C=O) groups excluding carboxylic acids is 7. The molecular formula is C104H142N28O9. The quantitative estimate of drug-likeness (QED) is 0.0251. The van der Waals surface area contributed by atoms with Crippen LogP contribution in [0.3, 0.4) is 0 Å². The first-order valence-corrected chi connectivity index (χ1v) is 49.0. The lowest BCUT2D eigenvalue weighted by Gasteiger charge is -2.38. The van der Waals surface area contributed by atoms with E-state index in [9.17, 15) is 38.4 Å². The van der Waals surface area contributed by atoms with Crippen molar-refractivity contribution in [3.8, 4) is 0 Å². The maximum atomic E-state index is 13.3. The number of hydrogen-bond donors (Lipinski definition) is 10. The minimum atomic E-state index is -1.54. The Bertz CT molecular complexity index is 5900. The first-order chi connectivity index (χ1) is 67.5. The van der Waals surface area contributed by atoms with Gasteiger partial charge in [0, 0.05) is 73.4 Å². The molecule has 16 rings (SSSR count). The summed E-state index contributed by atoms with van der Waals surface area (Å²) < 4.78 is 8.12. The number of rotatable bonds is 24. The number of aliphatic carboxylic acids is 1. The number of aryl methyl sites for hydroxylation is 4. The number of carbonyl (C=O) groups is 8. The number of pyridine rings is 4. The van der Waals surface area contributed by atoms with Gasteiger partial charge in [-0.1, -0.05) is 79.7 Å². The Morgan fingerprint density at radius 2 is 0.603 bits per heavy atom. The van der Waals surface area contributed by atoms with Crippen LogP contribution >= 0.6 is 0 Å². The monoisotopic (exact) mass is 1930 g/mol. The maximum Gasteiger partial charge on any atom is 0.394 e. The van der Waals surface area contributed by atoms with Gasteiger partial charge < -0.3 is 88.9 Å². The zero-order chi connectivity index (χ0) is 102. The van der Waals surface area contributed by atoms with E-state index in [1.54, 1.807) is 39.0 Å². The van der Waals surface area contributed by atoms with Crippen molar-refractivity contribution in [2.45, 2.75) is 183 Å². The highest BCUT2D eigenvalue weighted by Gasteiger charge is 2.39. The summed E-state index contributed by atoms with van der Waals surface area (Å²) in [6.45, 7) is 26.3. The molecule has 0 aliphatic carbocycles. The van der Waals surface area contributed by atoms with E-state index in [0.717, 1.165) is 175 Å². The third kappa shape index (κ3) is 28.1. The first kappa shape index (κ1) is 106. The van der Waals surface area contributed by atoms with Gasteiger partial charge in [-0.25, -0.2) is 24.7 Å². The van der Waals surface area contributed by atoms with Crippen LogP contribution in [0.15, 0.2) is 147 Å². The highest BCUT2D eigenvalue weighted by molar-refractivity contribution is 6.41. The third-order valence-electron chi connectivity index (χ3n) is 26.5. The van der Waals surface area contributed by atoms with Gasteiger partial charge >= 0.3 is 47.3 Å². The summed E-state index contributed by atoms with van der Waals surface area (Å²) in [6, 6.07) is 32.5. The number of amides is 7. The van der Waals surface area contributed by atoms with E-state index in [1.807, 2.05) is 109 Å². The molecule has 4 aliphatic heterocycles. The summed E-state index contributed by atoms with van der Waals surface area (Å²) in [5.41, 5.74) is 37.1. The predicted octanol–water partition coefficient (Wildman–Crippen LogP) is 12.1. The largest absolute Gasteiger partial charge is 0.474 e. The van der Waals surface area contributed by atoms with E-state index in [4.69, 9.17) is 28.0 Å². The Hall–Kier alpha value is -13.9. The second-order valence-electron chi connectivity index (χ2n) is 38.7. The lowest BCUT2D eigenvalue weighted by Crippen LogP contribution is -2.46. The zero-order valence-corrected chi connectivity index (χ0v) is 84.5. The molecule has 14 N–H and O–H groups in total. The molecule has 37 heteroatoms. The van der Waals surface area contributed by atoms with E-state index in [1.165, 1.54) is 54.1 Å². The third-order valence-corrected chi connectivity index (χ3v) is 26.5. The van der Waals surface area contributed by atoms with Gasteiger partial charge in [-0.3, -0.25) is 52.3 Å². The van der Waals surface area contributed by atoms with Gasteiger partial charge in [-0.15, -0.1) is 0 Å². The van der Waals surface area contributed by atoms with Crippen molar-refractivity contribution in [1.82, 2.24) is 98.7 Å². The Balaban J connectivity index is 0.000000162. The van der Waals surface area contributed by atoms with Crippen molar-refractivity contribution in [3.63, 3.8) is 0 Å². The van der Waals surface area contributed by atoms with Crippen LogP contribution in [0, 0.1) is 23.7 Å². The zero-order valence-electron chi connectivity index (χ0n) is 84.5. The molecule has 141 heavy (non-hydrogen) atoms. The predicted molar refractivity (Wildman–Crippen MR) is 555 cm³/mol. The highest BCUT2D eigenvalue weighted by atomic mass is 16.4. The molecule has 8 aromatic heterocycles. The van der Waals surface area contributed by atoms with E-state index in [-0.39, 0.29) is 18.1 Å². The number of likely N-dealkylation sites (tertiary alicyclic amines) is 3. The molecule has 0 spiro atoms. The second-order valence-corrected chi connectivity index (χ2v) is 38.7. The summed E-state index contributed by atoms with van der Waals surface area (Å²) in [6.07, 6.45) is 24.1. The molecular weight excluding hydrogens is 1790 g/mol. The molecule has 8 atom stereocenters. The van der Waals surface area contributed by atoms with Crippen molar-refractivity contribution in [1.29, 1.82) is 0 Å². The van der Waals surface area contributed by atoms with Crippen LogP contribution in [0.4, 0.5) is 46.0 Å². The molecule has 4 aromatic carbocycles. The lowest BCUT2D eigenvalue weighted by molar-refractivity contribution is -0.147. The molecule has 0 radical (unpaired) electrons. The molecule has 0 bridgehead atoms. The van der Waals surface area contributed by atoms with Gasteiger partial charge in [0.1, 0.15) is 23.3 Å². The number of aromatic nitrogens is 12. The normalized spacial score (nSPS) is 18.1. The number of nitrogen functional groups attached to an aromatic ring is 4. The Kier molecular flexibility index (Phi) is 37.1. The number of carboxylic acid groups (broad SMARTS) is 1. The van der Waals surface area contributed by atoms with Crippen LogP contribution in [-0.2, 0) is 90.2 Å². The Morgan fingerprint density at radius 1 is 0.348 bits per heavy atom. The summed E-state index contributed by atoms with van der Waals surface area (Å²) in [5, 5.41) is 44.9. The van der Waals surface area contributed by atoms with Gasteiger partial charge in [-0.05, 0) is 281 Å². The van der Waals surface area contributed by atoms with Gasteiger partial charge in [-0.2, -0.15) is 20.4 Å². The molecule has 12 heterocycles. The fraction of sp³-hybridized carbons (Fsp3) is 0.462. The fourth-order valence-electron chi connectivity index (χ4n) is 18.2. The number of likely N-dealkylation sites (N-methyl/N-ethyl adjacent to an activating group) is 4. The minimum Gasteiger partial charge on any atom is -0.474 e. The molecule has 4 fully saturated rings. The molecule has 4 saturated heterocycles. The number of anilines is 8. The highest BCUT2D eigenvalue weighted by Crippen LogP contribution is 2.40. The molecule has 12 aromatic rings. The van der Waals surface area contributed by atoms with Crippen LogP contribution in [0.5, 0.6) is 0 Å². The average molecular weight is 1930 g/mol. The van der Waals surface area contributed by atoms with Crippen LogP contribution < -0.4 is 49.5 Å². The van der Waals surface area contributed by atoms with E-state index in [2.05, 4.69) is 206 Å². The number of hydrogen-bond acceptors (Lipinski definition) is 25. The number of nitrogens with two attached hydrogens (primary N) is 4. The SMILES string of the molecule is CCc1cc(NC(=O)C(=O)N2C[C@@H](C)CC[C@@H]2c2ccc3c(cnn3CCN(C)C)c2)cnc1N.CCc1cc(NC(=O)C(=O)N2C[C@@H](C)CC[C@@H]2c2ccc3c(cnn3CCN(C)C)c2)cnc1N.CCc1cc(NC(=O)C(=O)N2C[C@H](C)CC[C@H]2c2ccc3c(cnn3CCN(C)C)c2)cnc1N.CCc1cc(NC(=O)C(=O)O)cnc1N.C[C@H]1CC[C@H](c2ccc3c(cnn3CCN(C)C)c2)NC1. The number of carboxylic acids is 1. The number of nitrogens with zero attached hydrogens (tertiary/aromatic N) is 19. The summed E-state index contributed by atoms with van der Waals surface area (Å²) in [7, 11) is 16.5. The van der Waals surface area contributed by atoms with E-state index in [0.29, 0.717) is 115 Å². The Morgan fingerprint density at radius 3 is 0.851 bits per heavy atom. The standard InChI is InChI=1S/3C26H35N7O2.C17H26N4.C9H11N3O3/c3*1-5-18-13-21(15-28-24(18)27)30-25(34)26(35)32-16-17(2)6-8-22(32)19-7-9-23-20(12-19)14-29-33(23)11-10-31(3)4;1-13-4-6-16(18-11-13)14-5-7-17-15(10-14)12-19-21(17)9-8-20(2)3;1-2-5-3-6(4-11-7(5)10)12-8(13)9(14)15/h3*7,9,12-15,17,22H,5-6,8,10-11,16H2,1-4H3,(H2,27,28)(H,30,34);5,7,10,12-13,16,18H,4,6,8-9,11H2,1-3H3;3-4H,2H2,1H3,(H2,10,11)(H,12,13)(H,14,15)/t3*17-,22+;13-,16+;/m1000./s1. The van der Waals surface area contributed by atoms with Crippen LogP contribution in [0.2, 0.25) is 0 Å². The molecule has 0 saturated carbocycles.